The molecular formula is C15H15Br2NO2. The minimum absolute atomic E-state index is 0.0727. The Kier molecular flexibility index (Phi) is 5.60. The van der Waals surface area contributed by atoms with E-state index in [-0.39, 0.29) is 12.4 Å². The van der Waals surface area contributed by atoms with E-state index in [4.69, 9.17) is 5.11 Å². The molecular weight excluding hydrogens is 386 g/mol. The number of phenols is 1. The highest BCUT2D eigenvalue weighted by molar-refractivity contribution is 9.11. The Morgan fingerprint density at radius 3 is 1.90 bits per heavy atom. The molecule has 0 aliphatic rings. The van der Waals surface area contributed by atoms with Crippen LogP contribution in [0.5, 0.6) is 5.75 Å². The van der Waals surface area contributed by atoms with Gasteiger partial charge in [-0.1, -0.05) is 24.3 Å². The average Bonchev–Trinajstić information content (AvgIpc) is 2.45. The van der Waals surface area contributed by atoms with E-state index >= 15 is 0 Å². The Bertz CT molecular complexity index is 562. The van der Waals surface area contributed by atoms with Gasteiger partial charge in [0.05, 0.1) is 15.6 Å². The molecule has 0 bridgehead atoms. The Labute approximate surface area is 134 Å². The first-order chi connectivity index (χ1) is 9.60. The number of benzene rings is 2. The zero-order valence-corrected chi connectivity index (χ0v) is 13.9. The molecule has 0 saturated carbocycles. The molecule has 0 aliphatic heterocycles. The summed E-state index contributed by atoms with van der Waals surface area (Å²) in [6, 6.07) is 11.6. The third-order valence-electron chi connectivity index (χ3n) is 2.94. The van der Waals surface area contributed by atoms with Gasteiger partial charge in [-0.15, -0.1) is 0 Å². The minimum atomic E-state index is 0.0727. The SMILES string of the molecule is OCc1ccc(CNCc2cc(Br)c(O)c(Br)c2)cc1. The predicted molar refractivity (Wildman–Crippen MR) is 86.4 cm³/mol. The summed E-state index contributed by atoms with van der Waals surface area (Å²) in [6.45, 7) is 1.53. The van der Waals surface area contributed by atoms with Crippen LogP contribution < -0.4 is 5.32 Å². The number of rotatable bonds is 5. The third kappa shape index (κ3) is 4.06. The normalized spacial score (nSPS) is 10.8. The fraction of sp³-hybridized carbons (Fsp3) is 0.200. The average molecular weight is 401 g/mol. The van der Waals surface area contributed by atoms with E-state index in [0.717, 1.165) is 17.7 Å². The van der Waals surface area contributed by atoms with E-state index in [1.54, 1.807) is 0 Å². The molecule has 2 aromatic carbocycles. The van der Waals surface area contributed by atoms with Gasteiger partial charge in [0.2, 0.25) is 0 Å². The standard InChI is InChI=1S/C15H15Br2NO2/c16-13-5-12(6-14(17)15(13)20)8-18-7-10-1-3-11(9-19)4-2-10/h1-6,18-20H,7-9H2. The maximum atomic E-state index is 9.65. The zero-order valence-electron chi connectivity index (χ0n) is 10.7. The second-order valence-electron chi connectivity index (χ2n) is 4.49. The lowest BCUT2D eigenvalue weighted by molar-refractivity contribution is 0.282. The van der Waals surface area contributed by atoms with Crippen molar-refractivity contribution < 1.29 is 10.2 Å². The molecule has 0 unspecified atom stereocenters. The van der Waals surface area contributed by atoms with Gasteiger partial charge >= 0.3 is 0 Å². The summed E-state index contributed by atoms with van der Waals surface area (Å²) in [7, 11) is 0. The first-order valence-corrected chi connectivity index (χ1v) is 7.75. The number of phenolic OH excluding ortho intramolecular Hbond substituents is 1. The fourth-order valence-electron chi connectivity index (χ4n) is 1.83. The van der Waals surface area contributed by atoms with Crippen LogP contribution >= 0.6 is 31.9 Å². The minimum Gasteiger partial charge on any atom is -0.506 e. The largest absolute Gasteiger partial charge is 0.506 e. The molecule has 0 saturated heterocycles. The van der Waals surface area contributed by atoms with Gasteiger partial charge in [0.15, 0.2) is 0 Å². The van der Waals surface area contributed by atoms with Gasteiger partial charge in [-0.05, 0) is 60.7 Å². The zero-order chi connectivity index (χ0) is 14.5. The van der Waals surface area contributed by atoms with Crippen LogP contribution in [-0.4, -0.2) is 10.2 Å². The molecule has 0 aromatic heterocycles. The molecule has 2 aromatic rings. The van der Waals surface area contributed by atoms with E-state index in [1.807, 2.05) is 36.4 Å². The molecule has 3 nitrogen and oxygen atoms in total. The van der Waals surface area contributed by atoms with Crippen LogP contribution in [0.3, 0.4) is 0 Å². The van der Waals surface area contributed by atoms with Gasteiger partial charge in [-0.3, -0.25) is 0 Å². The van der Waals surface area contributed by atoms with E-state index in [0.29, 0.717) is 15.5 Å². The second-order valence-corrected chi connectivity index (χ2v) is 6.19. The van der Waals surface area contributed by atoms with E-state index in [1.165, 1.54) is 5.56 Å². The fourth-order valence-corrected chi connectivity index (χ4v) is 3.12. The lowest BCUT2D eigenvalue weighted by atomic mass is 10.1. The highest BCUT2D eigenvalue weighted by Crippen LogP contribution is 2.33. The van der Waals surface area contributed by atoms with Crippen LogP contribution in [0, 0.1) is 0 Å². The summed E-state index contributed by atoms with van der Waals surface area (Å²) in [4.78, 5) is 0. The van der Waals surface area contributed by atoms with Gasteiger partial charge in [0.25, 0.3) is 0 Å². The smallest absolute Gasteiger partial charge is 0.143 e. The highest BCUT2D eigenvalue weighted by Gasteiger charge is 2.05. The van der Waals surface area contributed by atoms with Crippen LogP contribution in [0.4, 0.5) is 0 Å². The second kappa shape index (κ2) is 7.22. The Morgan fingerprint density at radius 1 is 0.850 bits per heavy atom. The van der Waals surface area contributed by atoms with Crippen LogP contribution in [-0.2, 0) is 19.7 Å². The molecule has 5 heteroatoms. The number of hydrogen-bond acceptors (Lipinski definition) is 3. The summed E-state index contributed by atoms with van der Waals surface area (Å²) < 4.78 is 1.35. The molecule has 2 rings (SSSR count). The van der Waals surface area contributed by atoms with Crippen LogP contribution in [0.15, 0.2) is 45.3 Å². The van der Waals surface area contributed by atoms with Crippen LogP contribution in [0.1, 0.15) is 16.7 Å². The first kappa shape index (κ1) is 15.5. The van der Waals surface area contributed by atoms with Crippen molar-refractivity contribution in [2.24, 2.45) is 0 Å². The van der Waals surface area contributed by atoms with Gasteiger partial charge in [0.1, 0.15) is 5.75 Å². The van der Waals surface area contributed by atoms with Gasteiger partial charge in [-0.2, -0.15) is 0 Å². The third-order valence-corrected chi connectivity index (χ3v) is 4.15. The molecule has 106 valence electrons. The summed E-state index contributed by atoms with van der Waals surface area (Å²) in [5.74, 6) is 0.216. The number of aliphatic hydroxyl groups is 1. The Morgan fingerprint density at radius 2 is 1.35 bits per heavy atom. The Balaban J connectivity index is 1.92. The van der Waals surface area contributed by atoms with Crippen molar-refractivity contribution in [1.82, 2.24) is 5.32 Å². The summed E-state index contributed by atoms with van der Waals surface area (Å²) in [6.07, 6.45) is 0. The molecule has 20 heavy (non-hydrogen) atoms. The van der Waals surface area contributed by atoms with Crippen molar-refractivity contribution in [3.8, 4) is 5.75 Å². The van der Waals surface area contributed by atoms with Crippen LogP contribution in [0.2, 0.25) is 0 Å². The summed E-state index contributed by atoms with van der Waals surface area (Å²) in [5, 5.41) is 22.0. The lowest BCUT2D eigenvalue weighted by Crippen LogP contribution is -2.12. The molecule has 3 N–H and O–H groups in total. The van der Waals surface area contributed by atoms with E-state index in [9.17, 15) is 5.11 Å². The summed E-state index contributed by atoms with van der Waals surface area (Å²) >= 11 is 6.64. The maximum Gasteiger partial charge on any atom is 0.143 e. The van der Waals surface area contributed by atoms with Crippen molar-refractivity contribution in [1.29, 1.82) is 0 Å². The van der Waals surface area contributed by atoms with Crippen molar-refractivity contribution in [2.45, 2.75) is 19.7 Å². The molecule has 0 radical (unpaired) electrons. The molecule has 0 atom stereocenters. The van der Waals surface area contributed by atoms with Gasteiger partial charge < -0.3 is 15.5 Å². The quantitative estimate of drug-likeness (QED) is 0.717. The van der Waals surface area contributed by atoms with E-state index < -0.39 is 0 Å². The van der Waals surface area contributed by atoms with Crippen molar-refractivity contribution >= 4 is 31.9 Å². The lowest BCUT2D eigenvalue weighted by Gasteiger charge is -2.08. The summed E-state index contributed by atoms with van der Waals surface area (Å²) in [5.41, 5.74) is 3.16. The van der Waals surface area contributed by atoms with E-state index in [2.05, 4.69) is 37.2 Å². The van der Waals surface area contributed by atoms with Crippen LogP contribution in [0.25, 0.3) is 0 Å². The topological polar surface area (TPSA) is 52.5 Å². The number of halogens is 2. The highest BCUT2D eigenvalue weighted by atomic mass is 79.9. The first-order valence-electron chi connectivity index (χ1n) is 6.16. The van der Waals surface area contributed by atoms with Crippen molar-refractivity contribution in [3.05, 3.63) is 62.0 Å². The van der Waals surface area contributed by atoms with Gasteiger partial charge in [-0.25, -0.2) is 0 Å². The number of aromatic hydroxyl groups is 1. The van der Waals surface area contributed by atoms with Crippen molar-refractivity contribution in [3.63, 3.8) is 0 Å². The Hall–Kier alpha value is -0.880. The number of hydrogen-bond donors (Lipinski definition) is 3. The molecule has 0 amide bonds. The molecule has 0 fully saturated rings. The maximum absolute atomic E-state index is 9.65. The number of nitrogens with one attached hydrogen (secondary N) is 1. The molecule has 0 aliphatic carbocycles. The molecule has 0 heterocycles. The van der Waals surface area contributed by atoms with Crippen molar-refractivity contribution in [2.75, 3.05) is 0 Å². The molecule has 0 spiro atoms. The predicted octanol–water partition coefficient (Wildman–Crippen LogP) is 3.70. The number of aliphatic hydroxyl groups excluding tert-OH is 1. The van der Waals surface area contributed by atoms with Gasteiger partial charge in [0, 0.05) is 13.1 Å². The monoisotopic (exact) mass is 399 g/mol.